The fourth-order valence-corrected chi connectivity index (χ4v) is 2.70. The molecule has 0 radical (unpaired) electrons. The van der Waals surface area contributed by atoms with Crippen molar-refractivity contribution >= 4 is 11.8 Å². The highest BCUT2D eigenvalue weighted by atomic mass is 32.2. The Bertz CT molecular complexity index is 152. The average molecular weight is 217 g/mol. The van der Waals surface area contributed by atoms with Crippen molar-refractivity contribution in [3.05, 3.63) is 0 Å². The average Bonchev–Trinajstić information content (AvgIpc) is 2.19. The van der Waals surface area contributed by atoms with Crippen molar-refractivity contribution in [2.75, 3.05) is 31.1 Å². The minimum absolute atomic E-state index is 0.128. The molecule has 1 fully saturated rings. The molecule has 0 bridgehead atoms. The van der Waals surface area contributed by atoms with E-state index >= 15 is 0 Å². The lowest BCUT2D eigenvalue weighted by Crippen LogP contribution is -2.40. The largest absolute Gasteiger partial charge is 0.393 e. The van der Waals surface area contributed by atoms with Gasteiger partial charge >= 0.3 is 0 Å². The maximum Gasteiger partial charge on any atom is 0.0552 e. The Balaban J connectivity index is 2.19. The fourth-order valence-electron chi connectivity index (χ4n) is 2.03. The number of piperidine rings is 1. The van der Waals surface area contributed by atoms with Crippen LogP contribution in [0.5, 0.6) is 0 Å². The van der Waals surface area contributed by atoms with Gasteiger partial charge in [-0.05, 0) is 38.0 Å². The zero-order valence-electron chi connectivity index (χ0n) is 9.41. The van der Waals surface area contributed by atoms with Gasteiger partial charge in [0.2, 0.25) is 0 Å². The molecule has 1 aliphatic heterocycles. The van der Waals surface area contributed by atoms with E-state index in [1.165, 1.54) is 37.4 Å². The molecule has 0 aromatic heterocycles. The lowest BCUT2D eigenvalue weighted by atomic mass is 9.93. The van der Waals surface area contributed by atoms with Gasteiger partial charge in [0.25, 0.3) is 0 Å². The highest BCUT2D eigenvalue weighted by molar-refractivity contribution is 7.99. The maximum absolute atomic E-state index is 9.53. The summed E-state index contributed by atoms with van der Waals surface area (Å²) in [7, 11) is 0. The van der Waals surface area contributed by atoms with Gasteiger partial charge in [0.15, 0.2) is 0 Å². The van der Waals surface area contributed by atoms with Crippen molar-refractivity contribution in [1.29, 1.82) is 0 Å². The second-order valence-corrected chi connectivity index (χ2v) is 5.53. The summed E-state index contributed by atoms with van der Waals surface area (Å²) in [6.45, 7) is 7.66. The van der Waals surface area contributed by atoms with Gasteiger partial charge in [0.1, 0.15) is 0 Å². The first kappa shape index (κ1) is 12.3. The number of hydrogen-bond acceptors (Lipinski definition) is 3. The van der Waals surface area contributed by atoms with Crippen LogP contribution < -0.4 is 0 Å². The van der Waals surface area contributed by atoms with E-state index in [-0.39, 0.29) is 6.10 Å². The zero-order valence-corrected chi connectivity index (χ0v) is 10.2. The lowest BCUT2D eigenvalue weighted by molar-refractivity contribution is 0.0655. The van der Waals surface area contributed by atoms with Gasteiger partial charge in [0, 0.05) is 18.8 Å². The second kappa shape index (κ2) is 6.70. The zero-order chi connectivity index (χ0) is 10.4. The molecular weight excluding hydrogens is 194 g/mol. The van der Waals surface area contributed by atoms with Gasteiger partial charge < -0.3 is 10.0 Å². The molecule has 2 atom stereocenters. The van der Waals surface area contributed by atoms with Crippen LogP contribution >= 0.6 is 11.8 Å². The van der Waals surface area contributed by atoms with Crippen molar-refractivity contribution in [2.24, 2.45) is 5.92 Å². The first-order valence-corrected chi connectivity index (χ1v) is 6.87. The van der Waals surface area contributed by atoms with Crippen LogP contribution in [0.4, 0.5) is 0 Å². The minimum atomic E-state index is -0.128. The Morgan fingerprint density at radius 3 is 3.00 bits per heavy atom. The van der Waals surface area contributed by atoms with E-state index in [1.807, 2.05) is 18.7 Å². The van der Waals surface area contributed by atoms with E-state index in [1.54, 1.807) is 0 Å². The molecule has 0 spiro atoms. The second-order valence-electron chi connectivity index (χ2n) is 4.14. The van der Waals surface area contributed by atoms with E-state index < -0.39 is 0 Å². The predicted octanol–water partition coefficient (Wildman–Crippen LogP) is 1.83. The molecule has 1 aliphatic rings. The van der Waals surface area contributed by atoms with Gasteiger partial charge in [-0.25, -0.2) is 0 Å². The third-order valence-electron chi connectivity index (χ3n) is 2.98. The van der Waals surface area contributed by atoms with Crippen LogP contribution in [0.1, 0.15) is 26.7 Å². The fraction of sp³-hybridized carbons (Fsp3) is 1.00. The van der Waals surface area contributed by atoms with Crippen LogP contribution in [-0.4, -0.2) is 47.3 Å². The van der Waals surface area contributed by atoms with E-state index in [0.717, 1.165) is 6.54 Å². The smallest absolute Gasteiger partial charge is 0.0552 e. The molecule has 2 unspecified atom stereocenters. The molecule has 0 amide bonds. The number of likely N-dealkylation sites (tertiary alicyclic amines) is 1. The summed E-state index contributed by atoms with van der Waals surface area (Å²) >= 11 is 2.01. The standard InChI is InChI=1S/C11H23NOS/c1-3-14-8-7-12-6-4-5-11(9-12)10(2)13/h10-11,13H,3-9H2,1-2H3. The van der Waals surface area contributed by atoms with Crippen molar-refractivity contribution in [2.45, 2.75) is 32.8 Å². The summed E-state index contributed by atoms with van der Waals surface area (Å²) in [5.41, 5.74) is 0. The van der Waals surface area contributed by atoms with E-state index in [0.29, 0.717) is 5.92 Å². The number of aliphatic hydroxyl groups excluding tert-OH is 1. The third kappa shape index (κ3) is 4.20. The SMILES string of the molecule is CCSCCN1CCCC(C(C)O)C1. The van der Waals surface area contributed by atoms with Gasteiger partial charge in [-0.15, -0.1) is 0 Å². The molecule has 0 aliphatic carbocycles. The number of hydrogen-bond donors (Lipinski definition) is 1. The lowest BCUT2D eigenvalue weighted by Gasteiger charge is -2.34. The number of aliphatic hydroxyl groups is 1. The number of rotatable bonds is 5. The number of thioether (sulfide) groups is 1. The summed E-state index contributed by atoms with van der Waals surface area (Å²) in [4.78, 5) is 2.50. The van der Waals surface area contributed by atoms with Crippen LogP contribution in [0.3, 0.4) is 0 Å². The molecular formula is C11H23NOS. The minimum Gasteiger partial charge on any atom is -0.393 e. The van der Waals surface area contributed by atoms with E-state index in [9.17, 15) is 5.11 Å². The molecule has 0 saturated carbocycles. The molecule has 0 aromatic carbocycles. The van der Waals surface area contributed by atoms with Crippen molar-refractivity contribution in [3.63, 3.8) is 0 Å². The Morgan fingerprint density at radius 2 is 2.36 bits per heavy atom. The van der Waals surface area contributed by atoms with Gasteiger partial charge in [-0.3, -0.25) is 0 Å². The predicted molar refractivity (Wildman–Crippen MR) is 63.8 cm³/mol. The molecule has 1 N–H and O–H groups in total. The Labute approximate surface area is 92.1 Å². The molecule has 2 nitrogen and oxygen atoms in total. The molecule has 14 heavy (non-hydrogen) atoms. The van der Waals surface area contributed by atoms with Crippen molar-refractivity contribution < 1.29 is 5.11 Å². The Kier molecular flexibility index (Phi) is 5.90. The van der Waals surface area contributed by atoms with Crippen molar-refractivity contribution in [1.82, 2.24) is 4.90 Å². The first-order chi connectivity index (χ1) is 6.74. The van der Waals surface area contributed by atoms with Gasteiger partial charge in [-0.1, -0.05) is 6.92 Å². The highest BCUT2D eigenvalue weighted by Crippen LogP contribution is 2.19. The van der Waals surface area contributed by atoms with Crippen LogP contribution in [-0.2, 0) is 0 Å². The van der Waals surface area contributed by atoms with Crippen LogP contribution in [0, 0.1) is 5.92 Å². The highest BCUT2D eigenvalue weighted by Gasteiger charge is 2.22. The molecule has 0 aromatic rings. The molecule has 1 heterocycles. The maximum atomic E-state index is 9.53. The van der Waals surface area contributed by atoms with Gasteiger partial charge in [0.05, 0.1) is 6.10 Å². The third-order valence-corrected chi connectivity index (χ3v) is 3.86. The van der Waals surface area contributed by atoms with Gasteiger partial charge in [-0.2, -0.15) is 11.8 Å². The monoisotopic (exact) mass is 217 g/mol. The van der Waals surface area contributed by atoms with Crippen molar-refractivity contribution in [3.8, 4) is 0 Å². The quantitative estimate of drug-likeness (QED) is 0.711. The van der Waals surface area contributed by atoms with E-state index in [4.69, 9.17) is 0 Å². The van der Waals surface area contributed by atoms with E-state index in [2.05, 4.69) is 11.8 Å². The molecule has 1 saturated heterocycles. The Hall–Kier alpha value is 0.270. The number of nitrogens with zero attached hydrogens (tertiary/aromatic N) is 1. The Morgan fingerprint density at radius 1 is 1.57 bits per heavy atom. The molecule has 1 rings (SSSR count). The summed E-state index contributed by atoms with van der Waals surface area (Å²) in [5, 5.41) is 9.53. The summed E-state index contributed by atoms with van der Waals surface area (Å²) in [6.07, 6.45) is 2.33. The van der Waals surface area contributed by atoms with Crippen LogP contribution in [0.15, 0.2) is 0 Å². The first-order valence-electron chi connectivity index (χ1n) is 5.72. The summed E-state index contributed by atoms with van der Waals surface area (Å²) < 4.78 is 0. The molecule has 3 heteroatoms. The van der Waals surface area contributed by atoms with Crippen LogP contribution in [0.2, 0.25) is 0 Å². The van der Waals surface area contributed by atoms with Crippen LogP contribution in [0.25, 0.3) is 0 Å². The summed E-state index contributed by atoms with van der Waals surface area (Å²) in [6, 6.07) is 0. The normalized spacial score (nSPS) is 26.4. The summed E-state index contributed by atoms with van der Waals surface area (Å²) in [5.74, 6) is 2.96. The topological polar surface area (TPSA) is 23.5 Å². The molecule has 84 valence electrons.